The van der Waals surface area contributed by atoms with E-state index in [2.05, 4.69) is 40.1 Å². The minimum Gasteiger partial charge on any atom is -0.480 e. The van der Waals surface area contributed by atoms with Crippen LogP contribution in [0.5, 0.6) is 0 Å². The van der Waals surface area contributed by atoms with Crippen LogP contribution in [0.4, 0.5) is 0 Å². The molecule has 4 nitrogen and oxygen atoms in total. The van der Waals surface area contributed by atoms with Gasteiger partial charge in [0.25, 0.3) is 0 Å². The predicted molar refractivity (Wildman–Crippen MR) is 86.7 cm³/mol. The van der Waals surface area contributed by atoms with Gasteiger partial charge in [0.1, 0.15) is 0 Å². The first-order valence-corrected chi connectivity index (χ1v) is 8.41. The standard InChI is InChI=1S/C18H26N2O2/c21-17(22)14-19-11-12-20(13-16-7-3-1-4-8-16)18(15-19)9-5-2-6-10-18/h1,3-4,7-8H,2,5-6,9-15H2,(H,21,22). The normalized spacial score (nSPS) is 22.7. The van der Waals surface area contributed by atoms with Crippen molar-refractivity contribution in [2.75, 3.05) is 26.2 Å². The van der Waals surface area contributed by atoms with E-state index in [9.17, 15) is 4.79 Å². The van der Waals surface area contributed by atoms with Crippen LogP contribution in [0.2, 0.25) is 0 Å². The van der Waals surface area contributed by atoms with Crippen molar-refractivity contribution >= 4 is 5.97 Å². The fourth-order valence-electron chi connectivity index (χ4n) is 4.16. The Morgan fingerprint density at radius 1 is 1.09 bits per heavy atom. The van der Waals surface area contributed by atoms with Gasteiger partial charge < -0.3 is 5.11 Å². The number of carboxylic acid groups (broad SMARTS) is 1. The molecule has 1 spiro atoms. The van der Waals surface area contributed by atoms with Gasteiger partial charge in [0, 0.05) is 31.7 Å². The van der Waals surface area contributed by atoms with Crippen molar-refractivity contribution in [2.45, 2.75) is 44.2 Å². The van der Waals surface area contributed by atoms with Crippen LogP contribution in [0.25, 0.3) is 0 Å². The summed E-state index contributed by atoms with van der Waals surface area (Å²) in [6.07, 6.45) is 6.27. The Morgan fingerprint density at radius 2 is 1.82 bits per heavy atom. The highest BCUT2D eigenvalue weighted by Gasteiger charge is 2.42. The molecule has 0 radical (unpaired) electrons. The van der Waals surface area contributed by atoms with Crippen LogP contribution in [0.15, 0.2) is 30.3 Å². The van der Waals surface area contributed by atoms with E-state index >= 15 is 0 Å². The molecule has 4 heteroatoms. The fourth-order valence-corrected chi connectivity index (χ4v) is 4.16. The molecule has 22 heavy (non-hydrogen) atoms. The van der Waals surface area contributed by atoms with Crippen LogP contribution in [-0.2, 0) is 11.3 Å². The van der Waals surface area contributed by atoms with Crippen molar-refractivity contribution in [3.05, 3.63) is 35.9 Å². The number of carbonyl (C=O) groups is 1. The summed E-state index contributed by atoms with van der Waals surface area (Å²) in [5, 5.41) is 9.10. The Hall–Kier alpha value is -1.39. The Kier molecular flexibility index (Phi) is 4.79. The molecular weight excluding hydrogens is 276 g/mol. The van der Waals surface area contributed by atoms with Crippen molar-refractivity contribution in [3.63, 3.8) is 0 Å². The summed E-state index contributed by atoms with van der Waals surface area (Å²) >= 11 is 0. The molecule has 1 saturated carbocycles. The maximum absolute atomic E-state index is 11.1. The molecule has 1 aromatic carbocycles. The molecule has 0 unspecified atom stereocenters. The van der Waals surface area contributed by atoms with Gasteiger partial charge in [-0.3, -0.25) is 14.6 Å². The monoisotopic (exact) mass is 302 g/mol. The summed E-state index contributed by atoms with van der Waals surface area (Å²) in [5.74, 6) is -0.706. The lowest BCUT2D eigenvalue weighted by Gasteiger charge is -2.53. The maximum Gasteiger partial charge on any atom is 0.317 e. The zero-order chi connectivity index (χ0) is 15.4. The predicted octanol–water partition coefficient (Wildman–Crippen LogP) is 2.59. The molecule has 1 heterocycles. The minimum absolute atomic E-state index is 0.181. The third-order valence-corrected chi connectivity index (χ3v) is 5.23. The lowest BCUT2D eigenvalue weighted by atomic mass is 9.78. The average molecular weight is 302 g/mol. The van der Waals surface area contributed by atoms with E-state index in [4.69, 9.17) is 5.11 Å². The highest BCUT2D eigenvalue weighted by atomic mass is 16.4. The van der Waals surface area contributed by atoms with E-state index in [1.807, 2.05) is 0 Å². The first kappa shape index (κ1) is 15.5. The van der Waals surface area contributed by atoms with Gasteiger partial charge in [-0.2, -0.15) is 0 Å². The molecule has 1 saturated heterocycles. The van der Waals surface area contributed by atoms with Gasteiger partial charge >= 0.3 is 5.97 Å². The van der Waals surface area contributed by atoms with Crippen LogP contribution in [0.1, 0.15) is 37.7 Å². The second-order valence-corrected chi connectivity index (χ2v) is 6.80. The number of nitrogens with zero attached hydrogens (tertiary/aromatic N) is 2. The number of piperazine rings is 1. The largest absolute Gasteiger partial charge is 0.480 e. The highest BCUT2D eigenvalue weighted by molar-refractivity contribution is 5.69. The van der Waals surface area contributed by atoms with Crippen LogP contribution in [0, 0.1) is 0 Å². The summed E-state index contributed by atoms with van der Waals surface area (Å²) in [6.45, 7) is 3.91. The number of hydrogen-bond donors (Lipinski definition) is 1. The first-order chi connectivity index (χ1) is 10.7. The summed E-state index contributed by atoms with van der Waals surface area (Å²) in [4.78, 5) is 15.8. The molecule has 2 fully saturated rings. The van der Waals surface area contributed by atoms with Crippen LogP contribution in [-0.4, -0.2) is 52.6 Å². The van der Waals surface area contributed by atoms with Crippen LogP contribution in [0.3, 0.4) is 0 Å². The zero-order valence-electron chi connectivity index (χ0n) is 13.2. The summed E-state index contributed by atoms with van der Waals surface area (Å²) < 4.78 is 0. The molecule has 2 aliphatic rings. The van der Waals surface area contributed by atoms with E-state index in [-0.39, 0.29) is 12.1 Å². The van der Waals surface area contributed by atoms with E-state index < -0.39 is 5.97 Å². The first-order valence-electron chi connectivity index (χ1n) is 8.41. The molecule has 1 aromatic rings. The van der Waals surface area contributed by atoms with Gasteiger partial charge in [-0.05, 0) is 18.4 Å². The Labute approximate surface area is 132 Å². The summed E-state index contributed by atoms with van der Waals surface area (Å²) in [5.41, 5.74) is 1.54. The van der Waals surface area contributed by atoms with Crippen LogP contribution < -0.4 is 0 Å². The molecule has 1 aliphatic carbocycles. The topological polar surface area (TPSA) is 43.8 Å². The number of aliphatic carboxylic acids is 1. The number of rotatable bonds is 4. The third-order valence-electron chi connectivity index (χ3n) is 5.23. The van der Waals surface area contributed by atoms with E-state index in [0.717, 1.165) is 26.2 Å². The Bertz CT molecular complexity index is 497. The molecular formula is C18H26N2O2. The Balaban J connectivity index is 1.75. The maximum atomic E-state index is 11.1. The third kappa shape index (κ3) is 3.50. The van der Waals surface area contributed by atoms with Crippen molar-refractivity contribution < 1.29 is 9.90 Å². The molecule has 3 rings (SSSR count). The number of benzene rings is 1. The summed E-state index contributed by atoms with van der Waals surface area (Å²) in [6, 6.07) is 10.7. The van der Waals surface area contributed by atoms with Gasteiger partial charge in [0.2, 0.25) is 0 Å². The molecule has 0 atom stereocenters. The van der Waals surface area contributed by atoms with Gasteiger partial charge in [-0.1, -0.05) is 49.6 Å². The van der Waals surface area contributed by atoms with Gasteiger partial charge in [-0.25, -0.2) is 0 Å². The molecule has 0 amide bonds. The zero-order valence-corrected chi connectivity index (χ0v) is 13.2. The second kappa shape index (κ2) is 6.80. The smallest absolute Gasteiger partial charge is 0.317 e. The average Bonchev–Trinajstić information content (AvgIpc) is 2.51. The molecule has 120 valence electrons. The molecule has 1 N–H and O–H groups in total. The van der Waals surface area contributed by atoms with Crippen LogP contribution >= 0.6 is 0 Å². The quantitative estimate of drug-likeness (QED) is 0.928. The lowest BCUT2D eigenvalue weighted by molar-refractivity contribution is -0.140. The number of hydrogen-bond acceptors (Lipinski definition) is 3. The van der Waals surface area contributed by atoms with Gasteiger partial charge in [-0.15, -0.1) is 0 Å². The highest BCUT2D eigenvalue weighted by Crippen LogP contribution is 2.37. The van der Waals surface area contributed by atoms with Gasteiger partial charge in [0.15, 0.2) is 0 Å². The lowest BCUT2D eigenvalue weighted by Crippen LogP contribution is -2.63. The van der Waals surface area contributed by atoms with Crippen molar-refractivity contribution in [3.8, 4) is 0 Å². The minimum atomic E-state index is -0.706. The van der Waals surface area contributed by atoms with Crippen molar-refractivity contribution in [1.82, 2.24) is 9.80 Å². The van der Waals surface area contributed by atoms with E-state index in [1.165, 1.54) is 37.7 Å². The molecule has 1 aliphatic heterocycles. The summed E-state index contributed by atoms with van der Waals surface area (Å²) in [7, 11) is 0. The van der Waals surface area contributed by atoms with Gasteiger partial charge in [0.05, 0.1) is 6.54 Å². The second-order valence-electron chi connectivity index (χ2n) is 6.80. The van der Waals surface area contributed by atoms with Crippen molar-refractivity contribution in [1.29, 1.82) is 0 Å². The van der Waals surface area contributed by atoms with Crippen molar-refractivity contribution in [2.24, 2.45) is 0 Å². The fraction of sp³-hybridized carbons (Fsp3) is 0.611. The van der Waals surface area contributed by atoms with E-state index in [0.29, 0.717) is 0 Å². The molecule has 0 bridgehead atoms. The van der Waals surface area contributed by atoms with E-state index in [1.54, 1.807) is 0 Å². The Morgan fingerprint density at radius 3 is 2.50 bits per heavy atom. The molecule has 0 aromatic heterocycles. The SMILES string of the molecule is O=C(O)CN1CCN(Cc2ccccc2)C2(CCCCC2)C1. The number of carboxylic acids is 1.